The summed E-state index contributed by atoms with van der Waals surface area (Å²) < 4.78 is 5.34. The van der Waals surface area contributed by atoms with Gasteiger partial charge in [0.15, 0.2) is 5.69 Å². The first-order chi connectivity index (χ1) is 11.8. The third-order valence-corrected chi connectivity index (χ3v) is 4.78. The molecule has 1 aliphatic rings. The van der Waals surface area contributed by atoms with E-state index in [0.717, 1.165) is 37.2 Å². The Bertz CT molecular complexity index is 847. The number of aromatic amines is 2. The van der Waals surface area contributed by atoms with E-state index in [2.05, 4.69) is 32.7 Å². The quantitative estimate of drug-likeness (QED) is 0.773. The van der Waals surface area contributed by atoms with Gasteiger partial charge in [0.1, 0.15) is 5.75 Å². The normalized spacial score (nSPS) is 15.8. The maximum Gasteiger partial charge on any atom is 0.276 e. The maximum absolute atomic E-state index is 12.3. The van der Waals surface area contributed by atoms with E-state index in [0.29, 0.717) is 11.6 Å². The van der Waals surface area contributed by atoms with Crippen molar-refractivity contribution in [3.8, 4) is 5.75 Å². The monoisotopic (exact) mass is 325 g/mol. The minimum atomic E-state index is -0.0530. The first-order valence-corrected chi connectivity index (χ1v) is 8.06. The van der Waals surface area contributed by atoms with Gasteiger partial charge in [-0.25, -0.2) is 0 Å². The predicted octanol–water partition coefficient (Wildman–Crippen LogP) is 2.31. The number of methoxy groups -OCH3 is 1. The van der Waals surface area contributed by atoms with Crippen LogP contribution in [0.4, 0.5) is 0 Å². The number of ether oxygens (including phenoxy) is 1. The van der Waals surface area contributed by atoms with E-state index in [1.54, 1.807) is 7.11 Å². The number of likely N-dealkylation sites (tertiary alicyclic amines) is 1. The number of nitrogens with zero attached hydrogens (tertiary/aromatic N) is 3. The number of fused-ring (bicyclic) bond motifs is 1. The summed E-state index contributed by atoms with van der Waals surface area (Å²) in [5, 5.41) is 11.3. The highest BCUT2D eigenvalue weighted by atomic mass is 16.5. The van der Waals surface area contributed by atoms with Gasteiger partial charge in [0, 0.05) is 30.2 Å². The zero-order valence-electron chi connectivity index (χ0n) is 13.5. The number of rotatable bonds is 3. The summed E-state index contributed by atoms with van der Waals surface area (Å²) in [6.45, 7) is 1.46. The van der Waals surface area contributed by atoms with Gasteiger partial charge < -0.3 is 14.6 Å². The van der Waals surface area contributed by atoms with Crippen LogP contribution in [0, 0.1) is 0 Å². The molecule has 7 heteroatoms. The molecule has 4 rings (SSSR count). The topological polar surface area (TPSA) is 86.9 Å². The van der Waals surface area contributed by atoms with Gasteiger partial charge in [-0.15, -0.1) is 0 Å². The van der Waals surface area contributed by atoms with E-state index >= 15 is 0 Å². The third-order valence-electron chi connectivity index (χ3n) is 4.78. The average Bonchev–Trinajstić information content (AvgIpc) is 3.30. The van der Waals surface area contributed by atoms with Gasteiger partial charge in [0.2, 0.25) is 0 Å². The molecule has 1 aliphatic heterocycles. The van der Waals surface area contributed by atoms with Gasteiger partial charge in [-0.3, -0.25) is 4.79 Å². The lowest BCUT2D eigenvalue weighted by atomic mass is 9.89. The molecule has 1 aromatic carbocycles. The summed E-state index contributed by atoms with van der Waals surface area (Å²) in [6.07, 6.45) is 5.44. The number of H-pyrrole nitrogens is 2. The number of amides is 1. The van der Waals surface area contributed by atoms with Crippen LogP contribution in [0.15, 0.2) is 30.6 Å². The molecule has 0 radical (unpaired) electrons. The summed E-state index contributed by atoms with van der Waals surface area (Å²) in [4.78, 5) is 17.5. The first-order valence-electron chi connectivity index (χ1n) is 8.06. The minimum Gasteiger partial charge on any atom is -0.497 e. The van der Waals surface area contributed by atoms with E-state index in [9.17, 15) is 4.79 Å². The van der Waals surface area contributed by atoms with Crippen molar-refractivity contribution in [1.82, 2.24) is 25.3 Å². The van der Waals surface area contributed by atoms with Crippen LogP contribution < -0.4 is 4.74 Å². The van der Waals surface area contributed by atoms with Crippen LogP contribution in [-0.2, 0) is 0 Å². The number of hydrogen-bond donors (Lipinski definition) is 2. The molecular formula is C17H19N5O2. The van der Waals surface area contributed by atoms with Crippen molar-refractivity contribution >= 4 is 16.8 Å². The molecule has 7 nitrogen and oxygen atoms in total. The number of benzene rings is 1. The molecule has 1 fully saturated rings. The molecule has 0 saturated carbocycles. The second-order valence-electron chi connectivity index (χ2n) is 6.08. The second-order valence-corrected chi connectivity index (χ2v) is 6.08. The largest absolute Gasteiger partial charge is 0.497 e. The van der Waals surface area contributed by atoms with Gasteiger partial charge in [-0.1, -0.05) is 0 Å². The Morgan fingerprint density at radius 3 is 2.88 bits per heavy atom. The van der Waals surface area contributed by atoms with E-state index in [-0.39, 0.29) is 5.91 Å². The van der Waals surface area contributed by atoms with Crippen LogP contribution in [0.3, 0.4) is 0 Å². The number of carbonyl (C=O) groups excluding carboxylic acids is 1. The molecule has 1 saturated heterocycles. The lowest BCUT2D eigenvalue weighted by Crippen LogP contribution is -2.38. The van der Waals surface area contributed by atoms with Crippen LogP contribution in [0.5, 0.6) is 5.75 Å². The van der Waals surface area contributed by atoms with E-state index in [1.165, 1.54) is 17.1 Å². The summed E-state index contributed by atoms with van der Waals surface area (Å²) in [5.41, 5.74) is 2.80. The summed E-state index contributed by atoms with van der Waals surface area (Å²) in [6, 6.07) is 6.08. The van der Waals surface area contributed by atoms with E-state index in [4.69, 9.17) is 4.74 Å². The van der Waals surface area contributed by atoms with Crippen molar-refractivity contribution in [2.24, 2.45) is 0 Å². The van der Waals surface area contributed by atoms with E-state index < -0.39 is 0 Å². The fourth-order valence-corrected chi connectivity index (χ4v) is 3.45. The van der Waals surface area contributed by atoms with Crippen LogP contribution >= 0.6 is 0 Å². The Balaban J connectivity index is 1.51. The molecule has 2 aromatic heterocycles. The summed E-state index contributed by atoms with van der Waals surface area (Å²) >= 11 is 0. The lowest BCUT2D eigenvalue weighted by molar-refractivity contribution is 0.0707. The SMILES string of the molecule is COc1ccc2[nH]cc(C3CCN(C(=O)c4cn[nH]n4)CC3)c2c1. The fourth-order valence-electron chi connectivity index (χ4n) is 3.45. The zero-order valence-corrected chi connectivity index (χ0v) is 13.5. The molecule has 0 atom stereocenters. The van der Waals surface area contributed by atoms with Crippen LogP contribution in [-0.4, -0.2) is 51.4 Å². The van der Waals surface area contributed by atoms with Crippen molar-refractivity contribution < 1.29 is 9.53 Å². The molecule has 1 amide bonds. The van der Waals surface area contributed by atoms with Crippen molar-refractivity contribution in [1.29, 1.82) is 0 Å². The predicted molar refractivity (Wildman–Crippen MR) is 89.1 cm³/mol. The van der Waals surface area contributed by atoms with Gasteiger partial charge >= 0.3 is 0 Å². The third kappa shape index (κ3) is 2.51. The van der Waals surface area contributed by atoms with E-state index in [1.807, 2.05) is 17.0 Å². The molecule has 2 N–H and O–H groups in total. The number of aromatic nitrogens is 4. The Hall–Kier alpha value is -2.83. The minimum absolute atomic E-state index is 0.0530. The Morgan fingerprint density at radius 1 is 1.33 bits per heavy atom. The second kappa shape index (κ2) is 5.99. The van der Waals surface area contributed by atoms with Gasteiger partial charge in [0.25, 0.3) is 5.91 Å². The van der Waals surface area contributed by atoms with Crippen molar-refractivity contribution in [3.63, 3.8) is 0 Å². The molecule has 0 aliphatic carbocycles. The zero-order chi connectivity index (χ0) is 16.5. The highest BCUT2D eigenvalue weighted by molar-refractivity contribution is 5.92. The molecule has 0 spiro atoms. The number of piperidine rings is 1. The molecule has 3 aromatic rings. The van der Waals surface area contributed by atoms with Gasteiger partial charge in [0.05, 0.1) is 13.3 Å². The summed E-state index contributed by atoms with van der Waals surface area (Å²) in [5.74, 6) is 1.25. The molecule has 124 valence electrons. The number of carbonyl (C=O) groups is 1. The summed E-state index contributed by atoms with van der Waals surface area (Å²) in [7, 11) is 1.68. The molecule has 0 bridgehead atoms. The van der Waals surface area contributed by atoms with Crippen LogP contribution in [0.1, 0.15) is 34.8 Å². The standard InChI is InChI=1S/C17H19N5O2/c1-24-12-2-3-15-13(8-12)14(9-18-15)11-4-6-22(7-5-11)17(23)16-10-19-21-20-16/h2-3,8-11,18H,4-7H2,1H3,(H,19,20,21). The van der Waals surface area contributed by atoms with Gasteiger partial charge in [-0.2, -0.15) is 15.4 Å². The maximum atomic E-state index is 12.3. The highest BCUT2D eigenvalue weighted by Crippen LogP contribution is 2.34. The molecule has 3 heterocycles. The van der Waals surface area contributed by atoms with Gasteiger partial charge in [-0.05, 0) is 42.5 Å². The van der Waals surface area contributed by atoms with Crippen molar-refractivity contribution in [3.05, 3.63) is 41.9 Å². The Labute approximate surface area is 139 Å². The smallest absolute Gasteiger partial charge is 0.276 e. The Morgan fingerprint density at radius 2 is 2.17 bits per heavy atom. The van der Waals surface area contributed by atoms with Crippen molar-refractivity contribution in [2.75, 3.05) is 20.2 Å². The van der Waals surface area contributed by atoms with Crippen molar-refractivity contribution in [2.45, 2.75) is 18.8 Å². The molecular weight excluding hydrogens is 306 g/mol. The lowest BCUT2D eigenvalue weighted by Gasteiger charge is -2.31. The molecule has 24 heavy (non-hydrogen) atoms. The van der Waals surface area contributed by atoms with Crippen LogP contribution in [0.25, 0.3) is 10.9 Å². The fraction of sp³-hybridized carbons (Fsp3) is 0.353. The Kier molecular flexibility index (Phi) is 3.68. The highest BCUT2D eigenvalue weighted by Gasteiger charge is 2.27. The number of hydrogen-bond acceptors (Lipinski definition) is 4. The average molecular weight is 325 g/mol. The molecule has 0 unspecified atom stereocenters. The number of nitrogens with one attached hydrogen (secondary N) is 2. The first kappa shape index (κ1) is 14.7. The van der Waals surface area contributed by atoms with Crippen LogP contribution in [0.2, 0.25) is 0 Å².